The monoisotopic (exact) mass is 280 g/mol. The van der Waals surface area contributed by atoms with Crippen LogP contribution in [0.5, 0.6) is 5.75 Å². The van der Waals surface area contributed by atoms with Crippen LogP contribution < -0.4 is 15.8 Å². The predicted octanol–water partition coefficient (Wildman–Crippen LogP) is 2.49. The van der Waals surface area contributed by atoms with Gasteiger partial charge in [-0.2, -0.15) is 11.8 Å². The van der Waals surface area contributed by atoms with Gasteiger partial charge in [-0.05, 0) is 36.8 Å². The van der Waals surface area contributed by atoms with Crippen molar-refractivity contribution in [1.82, 2.24) is 0 Å². The van der Waals surface area contributed by atoms with E-state index in [0.29, 0.717) is 16.9 Å². The van der Waals surface area contributed by atoms with Crippen molar-refractivity contribution in [2.24, 2.45) is 5.73 Å². The molecule has 1 fully saturated rings. The Kier molecular flexibility index (Phi) is 4.58. The highest BCUT2D eigenvalue weighted by atomic mass is 32.2. The fourth-order valence-corrected chi connectivity index (χ4v) is 3.43. The van der Waals surface area contributed by atoms with Crippen LogP contribution in [0.2, 0.25) is 0 Å². The Balaban J connectivity index is 2.21. The van der Waals surface area contributed by atoms with Crippen LogP contribution in [0.4, 0.5) is 5.69 Å². The molecule has 2 rings (SSSR count). The van der Waals surface area contributed by atoms with Crippen molar-refractivity contribution in [1.29, 1.82) is 0 Å². The highest BCUT2D eigenvalue weighted by Crippen LogP contribution is 2.31. The van der Waals surface area contributed by atoms with Crippen LogP contribution in [0.1, 0.15) is 30.1 Å². The van der Waals surface area contributed by atoms with E-state index in [1.165, 1.54) is 12.2 Å². The molecule has 104 valence electrons. The molecule has 2 atom stereocenters. The number of carbonyl (C=O) groups is 1. The van der Waals surface area contributed by atoms with Crippen LogP contribution in [0.15, 0.2) is 18.2 Å². The number of amides is 1. The molecule has 0 spiro atoms. The van der Waals surface area contributed by atoms with E-state index in [0.717, 1.165) is 17.9 Å². The van der Waals surface area contributed by atoms with Gasteiger partial charge in [-0.1, -0.05) is 6.92 Å². The van der Waals surface area contributed by atoms with E-state index in [-0.39, 0.29) is 0 Å². The summed E-state index contributed by atoms with van der Waals surface area (Å²) in [5.74, 6) is 1.54. The van der Waals surface area contributed by atoms with Gasteiger partial charge in [0.05, 0.1) is 12.8 Å². The third-order valence-corrected chi connectivity index (χ3v) is 4.81. The molecule has 1 aromatic carbocycles. The minimum absolute atomic E-state index is 0.399. The number of rotatable bonds is 4. The average Bonchev–Trinajstić information content (AvgIpc) is 2.41. The normalized spacial score (nSPS) is 22.8. The zero-order valence-corrected chi connectivity index (χ0v) is 12.1. The minimum Gasteiger partial charge on any atom is -0.495 e. The predicted molar refractivity (Wildman–Crippen MR) is 80.1 cm³/mol. The summed E-state index contributed by atoms with van der Waals surface area (Å²) < 4.78 is 5.34. The van der Waals surface area contributed by atoms with Crippen LogP contribution in [0.25, 0.3) is 0 Å². The number of primary amides is 1. The first kappa shape index (κ1) is 14.1. The van der Waals surface area contributed by atoms with Gasteiger partial charge >= 0.3 is 0 Å². The summed E-state index contributed by atoms with van der Waals surface area (Å²) in [6.45, 7) is 2.23. The molecule has 0 bridgehead atoms. The Morgan fingerprint density at radius 1 is 1.53 bits per heavy atom. The first-order chi connectivity index (χ1) is 9.11. The lowest BCUT2D eigenvalue weighted by Crippen LogP contribution is -2.33. The molecule has 19 heavy (non-hydrogen) atoms. The first-order valence-electron chi connectivity index (χ1n) is 6.48. The molecule has 3 N–H and O–H groups in total. The van der Waals surface area contributed by atoms with Gasteiger partial charge in [0.1, 0.15) is 5.75 Å². The van der Waals surface area contributed by atoms with E-state index in [1.807, 2.05) is 11.8 Å². The molecule has 0 radical (unpaired) electrons. The van der Waals surface area contributed by atoms with Gasteiger partial charge < -0.3 is 15.8 Å². The number of nitrogens with two attached hydrogens (primary N) is 1. The number of anilines is 1. The Bertz CT molecular complexity index is 465. The summed E-state index contributed by atoms with van der Waals surface area (Å²) >= 11 is 1.97. The Labute approximate surface area is 118 Å². The van der Waals surface area contributed by atoms with E-state index in [4.69, 9.17) is 10.5 Å². The summed E-state index contributed by atoms with van der Waals surface area (Å²) in [4.78, 5) is 11.3. The molecule has 5 heteroatoms. The van der Waals surface area contributed by atoms with Gasteiger partial charge in [-0.25, -0.2) is 0 Å². The SMILES string of the molecule is COc1ccc(C(N)=O)cc1NC1CCCSC1C. The van der Waals surface area contributed by atoms with Crippen molar-refractivity contribution in [3.8, 4) is 5.75 Å². The molecule has 0 aromatic heterocycles. The van der Waals surface area contributed by atoms with E-state index in [1.54, 1.807) is 25.3 Å². The third-order valence-electron chi connectivity index (χ3n) is 3.43. The topological polar surface area (TPSA) is 64.3 Å². The fourth-order valence-electron chi connectivity index (χ4n) is 2.29. The number of ether oxygens (including phenoxy) is 1. The third kappa shape index (κ3) is 3.35. The first-order valence-corrected chi connectivity index (χ1v) is 7.52. The van der Waals surface area contributed by atoms with E-state index < -0.39 is 5.91 Å². The smallest absolute Gasteiger partial charge is 0.248 e. The van der Waals surface area contributed by atoms with Crippen molar-refractivity contribution in [2.75, 3.05) is 18.2 Å². The average molecular weight is 280 g/mol. The second-order valence-corrected chi connectivity index (χ2v) is 6.23. The zero-order chi connectivity index (χ0) is 13.8. The highest BCUT2D eigenvalue weighted by molar-refractivity contribution is 8.00. The molecular weight excluding hydrogens is 260 g/mol. The Hall–Kier alpha value is -1.36. The van der Waals surface area contributed by atoms with Gasteiger partial charge in [-0.3, -0.25) is 4.79 Å². The van der Waals surface area contributed by atoms with E-state index in [2.05, 4.69) is 12.2 Å². The molecule has 1 aromatic rings. The standard InChI is InChI=1S/C14H20N2O2S/c1-9-11(4-3-7-19-9)16-12-8-10(14(15)17)5-6-13(12)18-2/h5-6,8-9,11,16H,3-4,7H2,1-2H3,(H2,15,17). The molecule has 1 aliphatic heterocycles. The lowest BCUT2D eigenvalue weighted by molar-refractivity contribution is 0.100. The van der Waals surface area contributed by atoms with Gasteiger partial charge in [-0.15, -0.1) is 0 Å². The largest absolute Gasteiger partial charge is 0.495 e. The number of carbonyl (C=O) groups excluding carboxylic acids is 1. The number of benzene rings is 1. The van der Waals surface area contributed by atoms with Crippen LogP contribution >= 0.6 is 11.8 Å². The van der Waals surface area contributed by atoms with Crippen molar-refractivity contribution in [2.45, 2.75) is 31.1 Å². The summed E-state index contributed by atoms with van der Waals surface area (Å²) in [6, 6.07) is 5.64. The van der Waals surface area contributed by atoms with Crippen LogP contribution in [-0.2, 0) is 0 Å². The molecular formula is C14H20N2O2S. The summed E-state index contributed by atoms with van der Waals surface area (Å²) in [6.07, 6.45) is 2.35. The fraction of sp³-hybridized carbons (Fsp3) is 0.500. The second-order valence-electron chi connectivity index (χ2n) is 4.75. The summed E-state index contributed by atoms with van der Waals surface area (Å²) in [5.41, 5.74) is 6.67. The maximum absolute atomic E-state index is 11.3. The van der Waals surface area contributed by atoms with Gasteiger partial charge in [0.2, 0.25) is 5.91 Å². The van der Waals surface area contributed by atoms with Crippen LogP contribution in [0.3, 0.4) is 0 Å². The molecule has 1 amide bonds. The summed E-state index contributed by atoms with van der Waals surface area (Å²) in [7, 11) is 1.63. The lowest BCUT2D eigenvalue weighted by Gasteiger charge is -2.30. The summed E-state index contributed by atoms with van der Waals surface area (Å²) in [5, 5.41) is 4.04. The van der Waals surface area contributed by atoms with Crippen molar-refractivity contribution in [3.05, 3.63) is 23.8 Å². The molecule has 1 aliphatic rings. The van der Waals surface area contributed by atoms with E-state index >= 15 is 0 Å². The van der Waals surface area contributed by atoms with E-state index in [9.17, 15) is 4.79 Å². The molecule has 1 saturated heterocycles. The maximum Gasteiger partial charge on any atom is 0.248 e. The van der Waals surface area contributed by atoms with Gasteiger partial charge in [0.25, 0.3) is 0 Å². The second kappa shape index (κ2) is 6.19. The Morgan fingerprint density at radius 2 is 2.32 bits per heavy atom. The van der Waals surface area contributed by atoms with Gasteiger partial charge in [0.15, 0.2) is 0 Å². The van der Waals surface area contributed by atoms with Crippen LogP contribution in [-0.4, -0.2) is 30.1 Å². The lowest BCUT2D eigenvalue weighted by atomic mass is 10.1. The quantitative estimate of drug-likeness (QED) is 0.889. The van der Waals surface area contributed by atoms with Crippen molar-refractivity contribution >= 4 is 23.4 Å². The number of hydrogen-bond donors (Lipinski definition) is 2. The minimum atomic E-state index is -0.420. The van der Waals surface area contributed by atoms with Crippen molar-refractivity contribution in [3.63, 3.8) is 0 Å². The molecule has 4 nitrogen and oxygen atoms in total. The van der Waals surface area contributed by atoms with Crippen LogP contribution in [0, 0.1) is 0 Å². The zero-order valence-electron chi connectivity index (χ0n) is 11.3. The highest BCUT2D eigenvalue weighted by Gasteiger charge is 2.22. The maximum atomic E-state index is 11.3. The van der Waals surface area contributed by atoms with Gasteiger partial charge in [0, 0.05) is 16.9 Å². The van der Waals surface area contributed by atoms with Crippen molar-refractivity contribution < 1.29 is 9.53 Å². The molecule has 0 aliphatic carbocycles. The number of thioether (sulfide) groups is 1. The number of methoxy groups -OCH3 is 1. The number of hydrogen-bond acceptors (Lipinski definition) is 4. The Morgan fingerprint density at radius 3 is 2.95 bits per heavy atom. The molecule has 2 unspecified atom stereocenters. The molecule has 1 heterocycles. The number of nitrogens with one attached hydrogen (secondary N) is 1. The molecule has 0 saturated carbocycles.